The molecule has 1 atom stereocenters. The van der Waals surface area contributed by atoms with Crippen molar-refractivity contribution in [3.8, 4) is 0 Å². The first-order valence-electron chi connectivity index (χ1n) is 9.62. The van der Waals surface area contributed by atoms with Crippen LogP contribution in [0.25, 0.3) is 20.4 Å². The third-order valence-electron chi connectivity index (χ3n) is 5.52. The Morgan fingerprint density at radius 3 is 3.07 bits per heavy atom. The Labute approximate surface area is 171 Å². The maximum absolute atomic E-state index is 14.8. The van der Waals surface area contributed by atoms with Crippen LogP contribution in [-0.2, 0) is 0 Å². The monoisotopic (exact) mass is 412 g/mol. The molecule has 0 spiro atoms. The molecule has 7 heteroatoms. The lowest BCUT2D eigenvalue weighted by Crippen LogP contribution is -2.33. The van der Waals surface area contributed by atoms with E-state index in [0.29, 0.717) is 17.1 Å². The number of benzene rings is 1. The molecule has 0 saturated carbocycles. The fourth-order valence-corrected chi connectivity index (χ4v) is 5.81. The number of thiazole rings is 1. The summed E-state index contributed by atoms with van der Waals surface area (Å²) in [7, 11) is 0. The number of anilines is 2. The minimum atomic E-state index is -0.301. The van der Waals surface area contributed by atoms with Gasteiger partial charge in [-0.1, -0.05) is 6.92 Å². The van der Waals surface area contributed by atoms with Crippen molar-refractivity contribution >= 4 is 54.5 Å². The second kappa shape index (κ2) is 7.39. The largest absolute Gasteiger partial charge is 0.352 e. The topological polar surface area (TPSA) is 41.0 Å². The van der Waals surface area contributed by atoms with Gasteiger partial charge in [-0.25, -0.2) is 14.4 Å². The molecule has 0 aliphatic carbocycles. The van der Waals surface area contributed by atoms with Crippen molar-refractivity contribution in [3.63, 3.8) is 0 Å². The Morgan fingerprint density at radius 2 is 2.18 bits per heavy atom. The van der Waals surface area contributed by atoms with E-state index in [2.05, 4.69) is 33.2 Å². The van der Waals surface area contributed by atoms with Gasteiger partial charge in [0.05, 0.1) is 21.6 Å². The number of halogens is 1. The summed E-state index contributed by atoms with van der Waals surface area (Å²) in [6.07, 6.45) is 4.26. The normalized spacial score (nSPS) is 18.1. The maximum atomic E-state index is 14.8. The highest BCUT2D eigenvalue weighted by atomic mass is 32.1. The SMILES string of the molecule is CCN1CCC[C@@H](c2cc3c(Nc4ccc5scnc5c4F)ccnc3s2)C1. The Morgan fingerprint density at radius 1 is 1.25 bits per heavy atom. The molecule has 0 amide bonds. The maximum Gasteiger partial charge on any atom is 0.173 e. The number of hydrogen-bond acceptors (Lipinski definition) is 6. The van der Waals surface area contributed by atoms with Gasteiger partial charge in [0.25, 0.3) is 0 Å². The fourth-order valence-electron chi connectivity index (χ4n) is 3.98. The highest BCUT2D eigenvalue weighted by Crippen LogP contribution is 2.38. The number of nitrogens with zero attached hydrogens (tertiary/aromatic N) is 3. The predicted octanol–water partition coefficient (Wildman–Crippen LogP) is 5.99. The Bertz CT molecular complexity index is 1140. The van der Waals surface area contributed by atoms with E-state index in [9.17, 15) is 4.39 Å². The van der Waals surface area contributed by atoms with Crippen molar-refractivity contribution in [2.45, 2.75) is 25.7 Å². The van der Waals surface area contributed by atoms with Crippen LogP contribution in [-0.4, -0.2) is 34.5 Å². The van der Waals surface area contributed by atoms with Gasteiger partial charge in [0.1, 0.15) is 10.3 Å². The number of fused-ring (bicyclic) bond motifs is 2. The molecule has 4 aromatic rings. The summed E-state index contributed by atoms with van der Waals surface area (Å²) < 4.78 is 15.7. The highest BCUT2D eigenvalue weighted by molar-refractivity contribution is 7.18. The van der Waals surface area contributed by atoms with E-state index in [1.807, 2.05) is 12.1 Å². The third kappa shape index (κ3) is 3.17. The standard InChI is InChI=1S/C21H21FN4S2/c1-2-26-9-3-4-13(11-26)18-10-14-15(7-8-23-21(14)28-18)25-16-5-6-17-20(19(16)22)24-12-27-17/h5-8,10,12-13H,2-4,9,11H2,1H3,(H,23,25)/t13-/m1/s1. The van der Waals surface area contributed by atoms with Gasteiger partial charge >= 0.3 is 0 Å². The lowest BCUT2D eigenvalue weighted by Gasteiger charge is -2.31. The molecule has 3 aromatic heterocycles. The number of aromatic nitrogens is 2. The number of likely N-dealkylation sites (tertiary alicyclic amines) is 1. The van der Waals surface area contributed by atoms with Crippen LogP contribution < -0.4 is 5.32 Å². The first-order valence-corrected chi connectivity index (χ1v) is 11.3. The minimum absolute atomic E-state index is 0.301. The van der Waals surface area contributed by atoms with Crippen molar-refractivity contribution in [3.05, 3.63) is 46.7 Å². The lowest BCUT2D eigenvalue weighted by atomic mass is 9.96. The molecular formula is C21H21FN4S2. The summed E-state index contributed by atoms with van der Waals surface area (Å²) in [5.41, 5.74) is 3.45. The molecule has 1 fully saturated rings. The molecule has 0 radical (unpaired) electrons. The van der Waals surface area contributed by atoms with Crippen molar-refractivity contribution in [2.75, 3.05) is 25.0 Å². The predicted molar refractivity (Wildman–Crippen MR) is 117 cm³/mol. The van der Waals surface area contributed by atoms with Gasteiger partial charge in [0.15, 0.2) is 5.82 Å². The van der Waals surface area contributed by atoms with Crippen LogP contribution in [0.4, 0.5) is 15.8 Å². The Balaban J connectivity index is 1.49. The lowest BCUT2D eigenvalue weighted by molar-refractivity contribution is 0.219. The van der Waals surface area contributed by atoms with E-state index >= 15 is 0 Å². The van der Waals surface area contributed by atoms with Crippen LogP contribution in [0.1, 0.15) is 30.6 Å². The number of hydrogen-bond donors (Lipinski definition) is 1. The summed E-state index contributed by atoms with van der Waals surface area (Å²) in [6.45, 7) is 5.64. The van der Waals surface area contributed by atoms with E-state index in [0.717, 1.165) is 33.7 Å². The molecular weight excluding hydrogens is 391 g/mol. The molecule has 1 aromatic carbocycles. The van der Waals surface area contributed by atoms with Gasteiger partial charge in [-0.05, 0) is 50.2 Å². The van der Waals surface area contributed by atoms with E-state index in [-0.39, 0.29) is 5.82 Å². The van der Waals surface area contributed by atoms with Gasteiger partial charge in [-0.3, -0.25) is 0 Å². The summed E-state index contributed by atoms with van der Waals surface area (Å²) in [4.78, 5) is 13.6. The summed E-state index contributed by atoms with van der Waals surface area (Å²) >= 11 is 3.22. The molecule has 0 bridgehead atoms. The van der Waals surface area contributed by atoms with Crippen molar-refractivity contribution < 1.29 is 4.39 Å². The zero-order valence-corrected chi connectivity index (χ0v) is 17.2. The molecule has 4 nitrogen and oxygen atoms in total. The first kappa shape index (κ1) is 18.0. The second-order valence-corrected chi connectivity index (χ2v) is 9.16. The Hall–Kier alpha value is -2.09. The minimum Gasteiger partial charge on any atom is -0.352 e. The van der Waals surface area contributed by atoms with Gasteiger partial charge < -0.3 is 10.2 Å². The average Bonchev–Trinajstić information content (AvgIpc) is 3.38. The van der Waals surface area contributed by atoms with Gasteiger partial charge in [0, 0.05) is 28.9 Å². The number of rotatable bonds is 4. The van der Waals surface area contributed by atoms with Crippen molar-refractivity contribution in [1.29, 1.82) is 0 Å². The second-order valence-electron chi connectivity index (χ2n) is 7.21. The molecule has 1 aliphatic rings. The summed E-state index contributed by atoms with van der Waals surface area (Å²) in [5, 5.41) is 4.34. The highest BCUT2D eigenvalue weighted by Gasteiger charge is 2.23. The van der Waals surface area contributed by atoms with Crippen LogP contribution in [0.15, 0.2) is 36.0 Å². The molecule has 4 heterocycles. The molecule has 0 unspecified atom stereocenters. The number of likely N-dealkylation sites (N-methyl/N-ethyl adjacent to an activating group) is 1. The van der Waals surface area contributed by atoms with Crippen molar-refractivity contribution in [1.82, 2.24) is 14.9 Å². The van der Waals surface area contributed by atoms with Crippen LogP contribution in [0.2, 0.25) is 0 Å². The average molecular weight is 413 g/mol. The quantitative estimate of drug-likeness (QED) is 0.447. The van der Waals surface area contributed by atoms with Crippen LogP contribution in [0.5, 0.6) is 0 Å². The third-order valence-corrected chi connectivity index (χ3v) is 7.52. The zero-order valence-electron chi connectivity index (χ0n) is 15.6. The molecule has 1 aliphatic heterocycles. The Kier molecular flexibility index (Phi) is 4.74. The van der Waals surface area contributed by atoms with E-state index < -0.39 is 0 Å². The number of piperidine rings is 1. The van der Waals surface area contributed by atoms with Gasteiger partial charge in [0.2, 0.25) is 0 Å². The van der Waals surface area contributed by atoms with Gasteiger partial charge in [-0.2, -0.15) is 0 Å². The zero-order chi connectivity index (χ0) is 19.1. The first-order chi connectivity index (χ1) is 13.7. The van der Waals surface area contributed by atoms with Gasteiger partial charge in [-0.15, -0.1) is 22.7 Å². The van der Waals surface area contributed by atoms with E-state index in [1.54, 1.807) is 29.1 Å². The van der Waals surface area contributed by atoms with Crippen molar-refractivity contribution in [2.24, 2.45) is 0 Å². The molecule has 1 N–H and O–H groups in total. The molecule has 1 saturated heterocycles. The van der Waals surface area contributed by atoms with Crippen LogP contribution >= 0.6 is 22.7 Å². The fraction of sp³-hybridized carbons (Fsp3) is 0.333. The molecule has 28 heavy (non-hydrogen) atoms. The van der Waals surface area contributed by atoms with Crippen LogP contribution in [0, 0.1) is 5.82 Å². The van der Waals surface area contributed by atoms with Crippen LogP contribution in [0.3, 0.4) is 0 Å². The summed E-state index contributed by atoms with van der Waals surface area (Å²) in [6, 6.07) is 7.87. The number of thiophene rings is 1. The molecule has 144 valence electrons. The summed E-state index contributed by atoms with van der Waals surface area (Å²) in [5.74, 6) is 0.258. The van der Waals surface area contributed by atoms with E-state index in [1.165, 1.54) is 35.6 Å². The van der Waals surface area contributed by atoms with E-state index in [4.69, 9.17) is 0 Å². The molecule has 5 rings (SSSR count). The smallest absolute Gasteiger partial charge is 0.173 e. The number of nitrogens with one attached hydrogen (secondary N) is 1. The number of pyridine rings is 1.